The second kappa shape index (κ2) is 6.60. The standard InChI is InChI=1S/C18H18O5/c1-2-3-13-8-16-17(23-11-22-16)9-14(13)10-21-18(20)12-4-6-15(19)7-5-12/h4-9,19H,2-3,10-11H2,1H3. The van der Waals surface area contributed by atoms with Gasteiger partial charge in [0.25, 0.3) is 0 Å². The Bertz CT molecular complexity index is 706. The molecule has 1 aliphatic rings. The molecule has 0 spiro atoms. The predicted octanol–water partition coefficient (Wildman–Crippen LogP) is 3.43. The fourth-order valence-corrected chi connectivity index (χ4v) is 2.49. The second-order valence-electron chi connectivity index (χ2n) is 5.35. The molecule has 0 aliphatic carbocycles. The molecular weight excluding hydrogens is 296 g/mol. The highest BCUT2D eigenvalue weighted by Gasteiger charge is 2.18. The minimum absolute atomic E-state index is 0.113. The molecule has 3 rings (SSSR count). The summed E-state index contributed by atoms with van der Waals surface area (Å²) in [7, 11) is 0. The lowest BCUT2D eigenvalue weighted by atomic mass is 10.0. The quantitative estimate of drug-likeness (QED) is 0.857. The summed E-state index contributed by atoms with van der Waals surface area (Å²) in [6.07, 6.45) is 1.86. The van der Waals surface area contributed by atoms with E-state index in [4.69, 9.17) is 14.2 Å². The van der Waals surface area contributed by atoms with Crippen molar-refractivity contribution in [3.63, 3.8) is 0 Å². The number of hydrogen-bond acceptors (Lipinski definition) is 5. The van der Waals surface area contributed by atoms with Gasteiger partial charge in [0.2, 0.25) is 6.79 Å². The molecule has 1 N–H and O–H groups in total. The maximum atomic E-state index is 12.1. The van der Waals surface area contributed by atoms with Crippen LogP contribution in [0, 0.1) is 0 Å². The summed E-state index contributed by atoms with van der Waals surface area (Å²) in [5.41, 5.74) is 2.42. The van der Waals surface area contributed by atoms with E-state index in [1.807, 2.05) is 12.1 Å². The van der Waals surface area contributed by atoms with Crippen molar-refractivity contribution in [2.45, 2.75) is 26.4 Å². The van der Waals surface area contributed by atoms with Gasteiger partial charge in [0, 0.05) is 0 Å². The fraction of sp³-hybridized carbons (Fsp3) is 0.278. The number of phenolic OH excluding ortho intramolecular Hbond substituents is 1. The third-order valence-corrected chi connectivity index (χ3v) is 3.68. The van der Waals surface area contributed by atoms with Crippen molar-refractivity contribution in [1.82, 2.24) is 0 Å². The van der Waals surface area contributed by atoms with E-state index in [1.54, 1.807) is 0 Å². The number of benzene rings is 2. The van der Waals surface area contributed by atoms with Crippen LogP contribution in [0.25, 0.3) is 0 Å². The largest absolute Gasteiger partial charge is 0.508 e. The zero-order chi connectivity index (χ0) is 16.2. The van der Waals surface area contributed by atoms with Crippen molar-refractivity contribution in [2.24, 2.45) is 0 Å². The molecule has 0 amide bonds. The van der Waals surface area contributed by atoms with Crippen LogP contribution in [0.3, 0.4) is 0 Å². The zero-order valence-electron chi connectivity index (χ0n) is 12.9. The molecule has 0 bridgehead atoms. The van der Waals surface area contributed by atoms with Crippen LogP contribution in [0.1, 0.15) is 34.8 Å². The van der Waals surface area contributed by atoms with Crippen molar-refractivity contribution in [1.29, 1.82) is 0 Å². The average Bonchev–Trinajstić information content (AvgIpc) is 3.00. The van der Waals surface area contributed by atoms with Crippen molar-refractivity contribution in [2.75, 3.05) is 6.79 Å². The van der Waals surface area contributed by atoms with Gasteiger partial charge in [-0.25, -0.2) is 4.79 Å². The van der Waals surface area contributed by atoms with Crippen molar-refractivity contribution >= 4 is 5.97 Å². The van der Waals surface area contributed by atoms with E-state index >= 15 is 0 Å². The number of fused-ring (bicyclic) bond motifs is 1. The van der Waals surface area contributed by atoms with E-state index < -0.39 is 5.97 Å². The Hall–Kier alpha value is -2.69. The van der Waals surface area contributed by atoms with Gasteiger partial charge >= 0.3 is 5.97 Å². The Balaban J connectivity index is 1.74. The summed E-state index contributed by atoms with van der Waals surface area (Å²) in [4.78, 5) is 12.1. The van der Waals surface area contributed by atoms with E-state index in [2.05, 4.69) is 6.92 Å². The first-order valence-corrected chi connectivity index (χ1v) is 7.55. The van der Waals surface area contributed by atoms with Gasteiger partial charge in [-0.2, -0.15) is 0 Å². The summed E-state index contributed by atoms with van der Waals surface area (Å²) in [6, 6.07) is 9.81. The van der Waals surface area contributed by atoms with Crippen LogP contribution in [-0.2, 0) is 17.8 Å². The topological polar surface area (TPSA) is 65.0 Å². The molecule has 23 heavy (non-hydrogen) atoms. The van der Waals surface area contributed by atoms with Gasteiger partial charge < -0.3 is 19.3 Å². The number of hydrogen-bond donors (Lipinski definition) is 1. The summed E-state index contributed by atoms with van der Waals surface area (Å²) < 4.78 is 16.2. The molecule has 0 aromatic heterocycles. The van der Waals surface area contributed by atoms with Crippen LogP contribution < -0.4 is 9.47 Å². The minimum atomic E-state index is -0.426. The smallest absolute Gasteiger partial charge is 0.338 e. The first-order chi connectivity index (χ1) is 11.2. The maximum absolute atomic E-state index is 12.1. The van der Waals surface area contributed by atoms with Crippen LogP contribution in [-0.4, -0.2) is 17.9 Å². The van der Waals surface area contributed by atoms with Crippen LogP contribution in [0.5, 0.6) is 17.2 Å². The van der Waals surface area contributed by atoms with Crippen molar-refractivity contribution in [3.05, 3.63) is 53.1 Å². The lowest BCUT2D eigenvalue weighted by molar-refractivity contribution is 0.0471. The predicted molar refractivity (Wildman–Crippen MR) is 83.8 cm³/mol. The van der Waals surface area contributed by atoms with Crippen molar-refractivity contribution < 1.29 is 24.1 Å². The molecule has 0 fully saturated rings. The van der Waals surface area contributed by atoms with E-state index in [0.717, 1.165) is 29.7 Å². The van der Waals surface area contributed by atoms with Gasteiger partial charge in [-0.15, -0.1) is 0 Å². The number of carbonyl (C=O) groups is 1. The van der Waals surface area contributed by atoms with E-state index in [0.29, 0.717) is 11.3 Å². The molecule has 2 aromatic rings. The fourth-order valence-electron chi connectivity index (χ4n) is 2.49. The summed E-state index contributed by atoms with van der Waals surface area (Å²) in [5, 5.41) is 9.25. The van der Waals surface area contributed by atoms with E-state index in [-0.39, 0.29) is 19.1 Å². The first kappa shape index (κ1) is 15.2. The molecule has 0 saturated heterocycles. The summed E-state index contributed by atoms with van der Waals surface area (Å²) >= 11 is 0. The molecule has 5 nitrogen and oxygen atoms in total. The van der Waals surface area contributed by atoms with Gasteiger partial charge in [-0.05, 0) is 53.9 Å². The molecule has 0 unspecified atom stereocenters. The normalized spacial score (nSPS) is 12.2. The highest BCUT2D eigenvalue weighted by atomic mass is 16.7. The number of carbonyl (C=O) groups excluding carboxylic acids is 1. The molecule has 1 aliphatic heterocycles. The Morgan fingerprint density at radius 3 is 2.43 bits per heavy atom. The molecule has 0 saturated carbocycles. The number of aryl methyl sites for hydroxylation is 1. The Morgan fingerprint density at radius 1 is 1.13 bits per heavy atom. The first-order valence-electron chi connectivity index (χ1n) is 7.55. The lowest BCUT2D eigenvalue weighted by Crippen LogP contribution is -2.06. The van der Waals surface area contributed by atoms with Gasteiger partial charge in [-0.3, -0.25) is 0 Å². The molecule has 120 valence electrons. The summed E-state index contributed by atoms with van der Waals surface area (Å²) in [6.45, 7) is 2.49. The minimum Gasteiger partial charge on any atom is -0.508 e. The van der Waals surface area contributed by atoms with Crippen LogP contribution in [0.2, 0.25) is 0 Å². The van der Waals surface area contributed by atoms with Crippen LogP contribution in [0.4, 0.5) is 0 Å². The number of esters is 1. The van der Waals surface area contributed by atoms with Gasteiger partial charge in [0.05, 0.1) is 5.56 Å². The second-order valence-corrected chi connectivity index (χ2v) is 5.35. The Kier molecular flexibility index (Phi) is 4.37. The number of rotatable bonds is 5. The van der Waals surface area contributed by atoms with E-state index in [1.165, 1.54) is 24.3 Å². The third-order valence-electron chi connectivity index (χ3n) is 3.68. The van der Waals surface area contributed by atoms with Crippen LogP contribution >= 0.6 is 0 Å². The SMILES string of the molecule is CCCc1cc2c(cc1COC(=O)c1ccc(O)cc1)OCO2. The Morgan fingerprint density at radius 2 is 1.78 bits per heavy atom. The number of phenols is 1. The van der Waals surface area contributed by atoms with Gasteiger partial charge in [0.15, 0.2) is 11.5 Å². The zero-order valence-corrected chi connectivity index (χ0v) is 12.9. The average molecular weight is 314 g/mol. The molecule has 0 atom stereocenters. The third kappa shape index (κ3) is 3.39. The molecular formula is C18H18O5. The molecule has 0 radical (unpaired) electrons. The van der Waals surface area contributed by atoms with Crippen LogP contribution in [0.15, 0.2) is 36.4 Å². The van der Waals surface area contributed by atoms with Crippen molar-refractivity contribution in [3.8, 4) is 17.2 Å². The highest BCUT2D eigenvalue weighted by molar-refractivity contribution is 5.89. The lowest BCUT2D eigenvalue weighted by Gasteiger charge is -2.11. The molecule has 5 heteroatoms. The molecule has 1 heterocycles. The molecule has 2 aromatic carbocycles. The maximum Gasteiger partial charge on any atom is 0.338 e. The van der Waals surface area contributed by atoms with Gasteiger partial charge in [-0.1, -0.05) is 13.3 Å². The monoisotopic (exact) mass is 314 g/mol. The number of aromatic hydroxyl groups is 1. The number of ether oxygens (including phenoxy) is 3. The van der Waals surface area contributed by atoms with E-state index in [9.17, 15) is 9.90 Å². The summed E-state index contributed by atoms with van der Waals surface area (Å²) in [5.74, 6) is 1.11. The Labute approximate surface area is 134 Å². The van der Waals surface area contributed by atoms with Gasteiger partial charge in [0.1, 0.15) is 12.4 Å². The highest BCUT2D eigenvalue weighted by Crippen LogP contribution is 2.35.